The number of amides is 4. The molecule has 4 amide bonds. The smallest absolute Gasteiger partial charge is 0.322 e. The Kier molecular flexibility index (Phi) is 6.51. The Morgan fingerprint density at radius 1 is 0.886 bits per heavy atom. The van der Waals surface area contributed by atoms with Crippen LogP contribution in [0, 0.1) is 0 Å². The molecule has 4 rings (SSSR count). The van der Waals surface area contributed by atoms with Gasteiger partial charge >= 0.3 is 6.03 Å². The molecule has 1 fully saturated rings. The summed E-state index contributed by atoms with van der Waals surface area (Å²) in [6.45, 7) is 5.43. The van der Waals surface area contributed by atoms with Crippen molar-refractivity contribution in [1.82, 2.24) is 10.2 Å². The molecule has 2 N–H and O–H groups in total. The van der Waals surface area contributed by atoms with Crippen molar-refractivity contribution in [1.29, 1.82) is 0 Å². The van der Waals surface area contributed by atoms with Crippen molar-refractivity contribution >= 4 is 29.3 Å². The van der Waals surface area contributed by atoms with Crippen LogP contribution in [0.1, 0.15) is 58.5 Å². The van der Waals surface area contributed by atoms with Gasteiger partial charge in [0.05, 0.1) is 6.54 Å². The zero-order chi connectivity index (χ0) is 25.2. The average molecular weight is 470 g/mol. The summed E-state index contributed by atoms with van der Waals surface area (Å²) < 4.78 is 0. The lowest BCUT2D eigenvalue weighted by Gasteiger charge is -2.22. The highest BCUT2D eigenvalue weighted by molar-refractivity contribution is 6.11. The zero-order valence-corrected chi connectivity index (χ0v) is 19.9. The largest absolute Gasteiger partial charge is 0.325 e. The van der Waals surface area contributed by atoms with Gasteiger partial charge in [0.25, 0.3) is 11.8 Å². The predicted molar refractivity (Wildman–Crippen MR) is 133 cm³/mol. The summed E-state index contributed by atoms with van der Waals surface area (Å²) >= 11 is 0. The second-order valence-corrected chi connectivity index (χ2v) is 9.04. The number of urea groups is 1. The molecule has 178 valence electrons. The fourth-order valence-corrected chi connectivity index (χ4v) is 4.00. The van der Waals surface area contributed by atoms with E-state index in [1.807, 2.05) is 30.3 Å². The van der Waals surface area contributed by atoms with Crippen LogP contribution in [0.4, 0.5) is 10.5 Å². The fraction of sp³-hybridized carbons (Fsp3) is 0.214. The highest BCUT2D eigenvalue weighted by atomic mass is 16.2. The number of hydrogen-bond acceptors (Lipinski definition) is 4. The van der Waals surface area contributed by atoms with E-state index >= 15 is 0 Å². The van der Waals surface area contributed by atoms with Crippen LogP contribution in [0.3, 0.4) is 0 Å². The van der Waals surface area contributed by atoms with Gasteiger partial charge in [-0.2, -0.15) is 0 Å². The van der Waals surface area contributed by atoms with E-state index in [0.29, 0.717) is 28.3 Å². The summed E-state index contributed by atoms with van der Waals surface area (Å²) in [6.07, 6.45) is 0. The molecule has 1 heterocycles. The number of imide groups is 1. The summed E-state index contributed by atoms with van der Waals surface area (Å²) in [5.41, 5.74) is 1.94. The molecule has 1 unspecified atom stereocenters. The molecule has 1 atom stereocenters. The topological polar surface area (TPSA) is 95.6 Å². The summed E-state index contributed by atoms with van der Waals surface area (Å²) in [7, 11) is 0. The number of nitrogens with one attached hydrogen (secondary N) is 2. The van der Waals surface area contributed by atoms with E-state index in [0.717, 1.165) is 10.5 Å². The lowest BCUT2D eigenvalue weighted by Crippen LogP contribution is -2.41. The Morgan fingerprint density at radius 3 is 2.11 bits per heavy atom. The Labute approximate surface area is 204 Å². The normalized spacial score (nSPS) is 17.4. The van der Waals surface area contributed by atoms with E-state index in [1.165, 1.54) is 0 Å². The van der Waals surface area contributed by atoms with Crippen LogP contribution in [-0.2, 0) is 10.3 Å². The van der Waals surface area contributed by atoms with Gasteiger partial charge in [0.1, 0.15) is 5.54 Å². The van der Waals surface area contributed by atoms with Gasteiger partial charge in [-0.1, -0.05) is 56.3 Å². The third-order valence-corrected chi connectivity index (χ3v) is 6.23. The molecule has 0 saturated carbocycles. The Balaban J connectivity index is 1.43. The summed E-state index contributed by atoms with van der Waals surface area (Å²) in [4.78, 5) is 51.9. The second-order valence-electron chi connectivity index (χ2n) is 9.04. The van der Waals surface area contributed by atoms with Gasteiger partial charge in [0, 0.05) is 16.8 Å². The van der Waals surface area contributed by atoms with Crippen molar-refractivity contribution in [3.63, 3.8) is 0 Å². The predicted octanol–water partition coefficient (Wildman–Crippen LogP) is 4.71. The van der Waals surface area contributed by atoms with Crippen LogP contribution in [0.15, 0.2) is 78.9 Å². The lowest BCUT2D eigenvalue weighted by molar-refractivity contribution is -0.130. The van der Waals surface area contributed by atoms with Crippen molar-refractivity contribution in [2.45, 2.75) is 32.2 Å². The first-order valence-corrected chi connectivity index (χ1v) is 11.4. The van der Waals surface area contributed by atoms with Crippen LogP contribution in [-0.4, -0.2) is 35.1 Å². The molecule has 0 bridgehead atoms. The van der Waals surface area contributed by atoms with Gasteiger partial charge in [-0.25, -0.2) is 4.79 Å². The number of carbonyl (C=O) groups excluding carboxylic acids is 4. The van der Waals surface area contributed by atoms with Crippen LogP contribution in [0.25, 0.3) is 0 Å². The molecule has 3 aromatic rings. The van der Waals surface area contributed by atoms with Crippen LogP contribution in [0.5, 0.6) is 0 Å². The number of hydrogen-bond donors (Lipinski definition) is 2. The molecule has 0 aliphatic carbocycles. The van der Waals surface area contributed by atoms with Crippen molar-refractivity contribution < 1.29 is 19.2 Å². The molecule has 0 radical (unpaired) electrons. The van der Waals surface area contributed by atoms with E-state index in [4.69, 9.17) is 0 Å². The van der Waals surface area contributed by atoms with Crippen LogP contribution in [0.2, 0.25) is 0 Å². The molecule has 1 aliphatic rings. The van der Waals surface area contributed by atoms with Crippen LogP contribution >= 0.6 is 0 Å². The average Bonchev–Trinajstić information content (AvgIpc) is 3.08. The highest BCUT2D eigenvalue weighted by Crippen LogP contribution is 2.30. The maximum absolute atomic E-state index is 13.2. The minimum absolute atomic E-state index is 0.260. The van der Waals surface area contributed by atoms with Crippen molar-refractivity contribution in [3.8, 4) is 0 Å². The molecule has 35 heavy (non-hydrogen) atoms. The quantitative estimate of drug-likeness (QED) is 0.387. The van der Waals surface area contributed by atoms with Crippen molar-refractivity contribution in [2.24, 2.45) is 0 Å². The minimum atomic E-state index is -1.24. The number of Topliss-reactive ketones (excluding diaryl/α,β-unsaturated/α-hetero) is 1. The number of anilines is 1. The highest BCUT2D eigenvalue weighted by Gasteiger charge is 2.49. The molecular weight excluding hydrogens is 442 g/mol. The number of benzene rings is 3. The van der Waals surface area contributed by atoms with Gasteiger partial charge in [0.2, 0.25) is 0 Å². The van der Waals surface area contributed by atoms with E-state index in [2.05, 4.69) is 24.5 Å². The third kappa shape index (κ3) is 4.84. The molecule has 7 heteroatoms. The molecule has 1 saturated heterocycles. The zero-order valence-electron chi connectivity index (χ0n) is 19.9. The number of ketones is 1. The van der Waals surface area contributed by atoms with E-state index in [-0.39, 0.29) is 18.2 Å². The Morgan fingerprint density at radius 2 is 1.51 bits per heavy atom. The van der Waals surface area contributed by atoms with Crippen molar-refractivity contribution in [3.05, 3.63) is 101 Å². The van der Waals surface area contributed by atoms with E-state index < -0.39 is 17.5 Å². The molecule has 3 aromatic carbocycles. The van der Waals surface area contributed by atoms with E-state index in [9.17, 15) is 19.2 Å². The molecule has 0 aromatic heterocycles. The van der Waals surface area contributed by atoms with Gasteiger partial charge < -0.3 is 10.6 Å². The van der Waals surface area contributed by atoms with Crippen molar-refractivity contribution in [2.75, 3.05) is 11.9 Å². The Hall–Kier alpha value is -4.26. The first-order valence-electron chi connectivity index (χ1n) is 11.4. The first-order chi connectivity index (χ1) is 16.7. The third-order valence-electron chi connectivity index (χ3n) is 6.23. The summed E-state index contributed by atoms with van der Waals surface area (Å²) in [5.74, 6) is -0.767. The van der Waals surface area contributed by atoms with Gasteiger partial charge in [-0.3, -0.25) is 19.3 Å². The number of nitrogens with zero attached hydrogens (tertiary/aromatic N) is 1. The SMILES string of the molecule is CC(C)c1ccc(C2(C)NC(=O)N(CC(=O)c3ccc(NC(=O)c4ccccc4)cc3)C2=O)cc1. The molecule has 7 nitrogen and oxygen atoms in total. The maximum Gasteiger partial charge on any atom is 0.325 e. The summed E-state index contributed by atoms with van der Waals surface area (Å²) in [5, 5.41) is 5.51. The monoisotopic (exact) mass is 469 g/mol. The number of carbonyl (C=O) groups is 4. The molecular formula is C28H27N3O4. The molecule has 1 aliphatic heterocycles. The molecule has 0 spiro atoms. The lowest BCUT2D eigenvalue weighted by atomic mass is 9.90. The van der Waals surface area contributed by atoms with Gasteiger partial charge in [-0.15, -0.1) is 0 Å². The second kappa shape index (κ2) is 9.54. The number of rotatable bonds is 7. The summed E-state index contributed by atoms with van der Waals surface area (Å²) in [6, 6.07) is 22.1. The Bertz CT molecular complexity index is 1270. The van der Waals surface area contributed by atoms with Gasteiger partial charge in [0.15, 0.2) is 5.78 Å². The van der Waals surface area contributed by atoms with Gasteiger partial charge in [-0.05, 0) is 60.4 Å². The maximum atomic E-state index is 13.2. The minimum Gasteiger partial charge on any atom is -0.322 e. The standard InChI is InChI=1S/C28H27N3O4/c1-18(2)19-9-13-22(14-10-19)28(3)26(34)31(27(35)30-28)17-24(32)20-11-15-23(16-12-20)29-25(33)21-7-5-4-6-8-21/h4-16,18H,17H2,1-3H3,(H,29,33)(H,30,35). The first kappa shape index (κ1) is 23.9. The fourth-order valence-electron chi connectivity index (χ4n) is 4.00. The van der Waals surface area contributed by atoms with Crippen LogP contribution < -0.4 is 10.6 Å². The van der Waals surface area contributed by atoms with E-state index in [1.54, 1.807) is 55.5 Å².